The van der Waals surface area contributed by atoms with Gasteiger partial charge in [0.1, 0.15) is 4.66 Å². The van der Waals surface area contributed by atoms with E-state index in [-0.39, 0.29) is 16.6 Å². The SMILES string of the molecule is Cc1ccc(/C=c2/c(=O)nc3s/c(=C/C(=O)N4CCCCC4)[nH]n-3c2=N)cc1. The highest BCUT2D eigenvalue weighted by atomic mass is 32.1. The Labute approximate surface area is 165 Å². The van der Waals surface area contributed by atoms with Crippen LogP contribution in [0.5, 0.6) is 0 Å². The molecule has 2 N–H and O–H groups in total. The van der Waals surface area contributed by atoms with Crippen LogP contribution in [0.1, 0.15) is 30.4 Å². The number of fused-ring (bicyclic) bond motifs is 1. The van der Waals surface area contributed by atoms with Gasteiger partial charge in [0.2, 0.25) is 11.0 Å². The van der Waals surface area contributed by atoms with Crippen molar-refractivity contribution in [3.8, 4) is 5.13 Å². The highest BCUT2D eigenvalue weighted by Crippen LogP contribution is 2.09. The predicted octanol–water partition coefficient (Wildman–Crippen LogP) is 0.470. The number of hydrogen-bond acceptors (Lipinski definition) is 5. The average Bonchev–Trinajstić information content (AvgIpc) is 3.09. The van der Waals surface area contributed by atoms with E-state index in [4.69, 9.17) is 5.41 Å². The second-order valence-electron chi connectivity index (χ2n) is 6.96. The third-order valence-corrected chi connectivity index (χ3v) is 5.72. The molecule has 1 saturated heterocycles. The van der Waals surface area contributed by atoms with E-state index in [1.807, 2.05) is 36.1 Å². The van der Waals surface area contributed by atoms with Gasteiger partial charge in [-0.2, -0.15) is 4.98 Å². The van der Waals surface area contributed by atoms with E-state index in [1.165, 1.54) is 22.1 Å². The standard InChI is InChI=1S/C20H21N5O2S/c1-13-5-7-14(8-6-13)11-15-18(21)25-20(22-19(15)27)28-16(23-25)12-17(26)24-9-3-2-4-10-24/h5-8,11-12,21,23H,2-4,9-10H2,1H3/b15-11+,16-12+,21-18?. The lowest BCUT2D eigenvalue weighted by Crippen LogP contribution is -2.47. The number of carbonyl (C=O) groups is 1. The van der Waals surface area contributed by atoms with Gasteiger partial charge in [-0.15, -0.1) is 0 Å². The first-order chi connectivity index (χ1) is 13.5. The summed E-state index contributed by atoms with van der Waals surface area (Å²) in [6.07, 6.45) is 6.41. The number of carbonyl (C=O) groups excluding carboxylic acids is 1. The van der Waals surface area contributed by atoms with Crippen LogP contribution in [0.2, 0.25) is 0 Å². The van der Waals surface area contributed by atoms with Crippen molar-refractivity contribution in [3.05, 3.63) is 61.1 Å². The maximum absolute atomic E-state index is 12.4. The van der Waals surface area contributed by atoms with E-state index in [1.54, 1.807) is 6.08 Å². The molecule has 0 saturated carbocycles. The first kappa shape index (κ1) is 18.4. The molecule has 1 aromatic rings. The molecule has 28 heavy (non-hydrogen) atoms. The van der Waals surface area contributed by atoms with Gasteiger partial charge in [-0.25, -0.2) is 4.68 Å². The lowest BCUT2D eigenvalue weighted by Gasteiger charge is -2.25. The summed E-state index contributed by atoms with van der Waals surface area (Å²) in [6, 6.07) is 7.71. The van der Waals surface area contributed by atoms with Crippen LogP contribution in [-0.2, 0) is 4.79 Å². The van der Waals surface area contributed by atoms with Crippen LogP contribution in [0, 0.1) is 12.3 Å². The molecule has 0 unspecified atom stereocenters. The van der Waals surface area contributed by atoms with Gasteiger partial charge < -0.3 is 4.90 Å². The molecule has 0 aromatic heterocycles. The summed E-state index contributed by atoms with van der Waals surface area (Å²) in [5, 5.41) is 12.0. The molecule has 3 aliphatic heterocycles. The van der Waals surface area contributed by atoms with E-state index < -0.39 is 5.56 Å². The van der Waals surface area contributed by atoms with Crippen molar-refractivity contribution in [2.24, 2.45) is 0 Å². The minimum absolute atomic E-state index is 0.0249. The molecule has 0 aliphatic carbocycles. The summed E-state index contributed by atoms with van der Waals surface area (Å²) in [5.41, 5.74) is 1.53. The van der Waals surface area contributed by atoms with E-state index in [0.717, 1.165) is 43.5 Å². The first-order valence-electron chi connectivity index (χ1n) is 9.27. The third kappa shape index (κ3) is 3.68. The number of aromatic nitrogens is 3. The van der Waals surface area contributed by atoms with Gasteiger partial charge in [0, 0.05) is 19.2 Å². The number of likely N-dealkylation sites (tertiary alicyclic amines) is 1. The van der Waals surface area contributed by atoms with Gasteiger partial charge in [0.25, 0.3) is 5.56 Å². The maximum atomic E-state index is 12.4. The van der Waals surface area contributed by atoms with Crippen molar-refractivity contribution in [1.82, 2.24) is 19.7 Å². The number of aryl methyl sites for hydroxylation is 1. The summed E-state index contributed by atoms with van der Waals surface area (Å²) in [6.45, 7) is 3.54. The number of benzene rings is 1. The zero-order valence-electron chi connectivity index (χ0n) is 15.6. The number of nitrogens with zero attached hydrogens (tertiary/aromatic N) is 3. The zero-order valence-corrected chi connectivity index (χ0v) is 16.4. The average molecular weight is 395 g/mol. The summed E-state index contributed by atoms with van der Waals surface area (Å²) in [4.78, 5) is 30.8. The molecule has 1 fully saturated rings. The summed E-state index contributed by atoms with van der Waals surface area (Å²) in [5.74, 6) is -0.0524. The fourth-order valence-corrected chi connectivity index (χ4v) is 4.11. The molecule has 0 atom stereocenters. The van der Waals surface area contributed by atoms with Gasteiger partial charge in [-0.05, 0) is 37.8 Å². The van der Waals surface area contributed by atoms with E-state index >= 15 is 0 Å². The Morgan fingerprint density at radius 2 is 1.93 bits per heavy atom. The minimum atomic E-state index is -0.449. The molecular weight excluding hydrogens is 374 g/mol. The van der Waals surface area contributed by atoms with E-state index in [2.05, 4.69) is 10.1 Å². The molecule has 144 valence electrons. The molecular formula is C20H21N5O2S. The van der Waals surface area contributed by atoms with Crippen molar-refractivity contribution in [2.45, 2.75) is 26.2 Å². The van der Waals surface area contributed by atoms with Crippen LogP contribution in [-0.4, -0.2) is 38.7 Å². The monoisotopic (exact) mass is 395 g/mol. The largest absolute Gasteiger partial charge is 0.339 e. The fraction of sp³-hybridized carbons (Fsp3) is 0.300. The fourth-order valence-electron chi connectivity index (χ4n) is 3.26. The van der Waals surface area contributed by atoms with Crippen molar-refractivity contribution in [3.63, 3.8) is 0 Å². The molecule has 8 heteroatoms. The van der Waals surface area contributed by atoms with Crippen LogP contribution in [0.15, 0.2) is 29.1 Å². The maximum Gasteiger partial charge on any atom is 0.283 e. The summed E-state index contributed by atoms with van der Waals surface area (Å²) < 4.78 is 2.02. The van der Waals surface area contributed by atoms with Crippen molar-refractivity contribution in [2.75, 3.05) is 13.1 Å². The third-order valence-electron chi connectivity index (χ3n) is 4.83. The predicted molar refractivity (Wildman–Crippen MR) is 108 cm³/mol. The Bertz CT molecular complexity index is 1210. The van der Waals surface area contributed by atoms with Crippen LogP contribution in [0.3, 0.4) is 0 Å². The van der Waals surface area contributed by atoms with E-state index in [0.29, 0.717) is 9.79 Å². The molecule has 3 heterocycles. The van der Waals surface area contributed by atoms with Gasteiger partial charge in [0.15, 0.2) is 5.49 Å². The summed E-state index contributed by atoms with van der Waals surface area (Å²) >= 11 is 1.19. The Morgan fingerprint density at radius 1 is 1.21 bits per heavy atom. The number of nitrogens with one attached hydrogen (secondary N) is 2. The number of hydrogen-bond donors (Lipinski definition) is 2. The Hall–Kier alpha value is -3.00. The van der Waals surface area contributed by atoms with Gasteiger partial charge >= 0.3 is 0 Å². The second kappa shape index (κ2) is 7.55. The molecule has 1 amide bonds. The number of aromatic amines is 1. The Morgan fingerprint density at radius 3 is 2.64 bits per heavy atom. The van der Waals surface area contributed by atoms with Crippen molar-refractivity contribution >= 4 is 29.4 Å². The molecule has 7 nitrogen and oxygen atoms in total. The molecule has 0 spiro atoms. The molecule has 0 radical (unpaired) electrons. The lowest BCUT2D eigenvalue weighted by atomic mass is 10.1. The highest BCUT2D eigenvalue weighted by Gasteiger charge is 2.15. The number of H-pyrrole nitrogens is 1. The quantitative estimate of drug-likeness (QED) is 0.660. The Kier molecular flexibility index (Phi) is 4.95. The summed E-state index contributed by atoms with van der Waals surface area (Å²) in [7, 11) is 0. The van der Waals surface area contributed by atoms with Crippen molar-refractivity contribution in [1.29, 1.82) is 5.41 Å². The van der Waals surface area contributed by atoms with E-state index in [9.17, 15) is 9.59 Å². The van der Waals surface area contributed by atoms with Gasteiger partial charge in [0.05, 0.1) is 5.22 Å². The number of rotatable bonds is 2. The normalized spacial score (nSPS) is 16.1. The molecule has 4 rings (SSSR count). The molecule has 0 bridgehead atoms. The van der Waals surface area contributed by atoms with Crippen LogP contribution >= 0.6 is 11.3 Å². The first-order valence-corrected chi connectivity index (χ1v) is 10.1. The molecule has 3 aliphatic rings. The van der Waals surface area contributed by atoms with Crippen LogP contribution in [0.25, 0.3) is 17.3 Å². The van der Waals surface area contributed by atoms with Crippen LogP contribution in [0.4, 0.5) is 0 Å². The number of amides is 1. The second-order valence-corrected chi connectivity index (χ2v) is 7.97. The molecule has 1 aromatic carbocycles. The highest BCUT2D eigenvalue weighted by molar-refractivity contribution is 7.11. The smallest absolute Gasteiger partial charge is 0.283 e. The zero-order chi connectivity index (χ0) is 19.7. The topological polar surface area (TPSA) is 94.8 Å². The Balaban J connectivity index is 1.78. The van der Waals surface area contributed by atoms with Gasteiger partial charge in [-0.3, -0.25) is 20.1 Å². The van der Waals surface area contributed by atoms with Gasteiger partial charge in [-0.1, -0.05) is 41.2 Å². The lowest BCUT2D eigenvalue weighted by molar-refractivity contribution is -0.125. The van der Waals surface area contributed by atoms with Crippen LogP contribution < -0.4 is 20.9 Å². The minimum Gasteiger partial charge on any atom is -0.339 e. The number of piperidine rings is 1. The van der Waals surface area contributed by atoms with Crippen molar-refractivity contribution < 1.29 is 4.79 Å².